The van der Waals surface area contributed by atoms with Gasteiger partial charge in [-0.15, -0.1) is 0 Å². The van der Waals surface area contributed by atoms with Crippen molar-refractivity contribution in [1.29, 1.82) is 0 Å². The van der Waals surface area contributed by atoms with Crippen LogP contribution in [0.5, 0.6) is 17.2 Å². The zero-order valence-corrected chi connectivity index (χ0v) is 21.6. The SMILES string of the molecule is CCOC(=O)C(=O)Nc1cc(Cl)c(Oc2ccc(O)c(C(=O)NCc3cccc4ccccc34)c2)c(Cl)c1. The van der Waals surface area contributed by atoms with Crippen LogP contribution in [-0.4, -0.2) is 29.5 Å². The van der Waals surface area contributed by atoms with Crippen molar-refractivity contribution in [3.63, 3.8) is 0 Å². The lowest BCUT2D eigenvalue weighted by Crippen LogP contribution is -2.24. The van der Waals surface area contributed by atoms with E-state index in [0.29, 0.717) is 0 Å². The third-order valence-electron chi connectivity index (χ3n) is 5.47. The lowest BCUT2D eigenvalue weighted by Gasteiger charge is -2.14. The van der Waals surface area contributed by atoms with Crippen molar-refractivity contribution < 1.29 is 29.0 Å². The third kappa shape index (κ3) is 6.16. The second-order valence-corrected chi connectivity index (χ2v) is 8.86. The normalized spacial score (nSPS) is 10.6. The molecule has 0 saturated carbocycles. The van der Waals surface area contributed by atoms with Crippen molar-refractivity contribution >= 4 is 57.4 Å². The summed E-state index contributed by atoms with van der Waals surface area (Å²) in [7, 11) is 0. The molecule has 0 radical (unpaired) electrons. The molecule has 3 N–H and O–H groups in total. The van der Waals surface area contributed by atoms with E-state index in [4.69, 9.17) is 27.9 Å². The maximum atomic E-state index is 12.9. The van der Waals surface area contributed by atoms with Crippen LogP contribution >= 0.6 is 23.2 Å². The number of fused-ring (bicyclic) bond motifs is 1. The van der Waals surface area contributed by atoms with E-state index in [0.717, 1.165) is 16.3 Å². The molecule has 4 aromatic carbocycles. The Labute approximate surface area is 228 Å². The van der Waals surface area contributed by atoms with Gasteiger partial charge >= 0.3 is 11.9 Å². The Kier molecular flexibility index (Phi) is 8.35. The van der Waals surface area contributed by atoms with Crippen molar-refractivity contribution in [1.82, 2.24) is 5.32 Å². The van der Waals surface area contributed by atoms with Crippen LogP contribution in [0.4, 0.5) is 5.69 Å². The fraction of sp³-hybridized carbons (Fsp3) is 0.107. The molecule has 8 nitrogen and oxygen atoms in total. The van der Waals surface area contributed by atoms with Crippen LogP contribution in [0.1, 0.15) is 22.8 Å². The number of aromatic hydroxyl groups is 1. The molecule has 0 unspecified atom stereocenters. The average Bonchev–Trinajstić information content (AvgIpc) is 2.90. The summed E-state index contributed by atoms with van der Waals surface area (Å²) in [6, 6.07) is 20.5. The summed E-state index contributed by atoms with van der Waals surface area (Å²) in [6.45, 7) is 1.88. The van der Waals surface area contributed by atoms with Gasteiger partial charge in [-0.1, -0.05) is 65.7 Å². The minimum absolute atomic E-state index is 0.00620. The maximum Gasteiger partial charge on any atom is 0.397 e. The highest BCUT2D eigenvalue weighted by Crippen LogP contribution is 2.39. The number of anilines is 1. The molecule has 0 atom stereocenters. The smallest absolute Gasteiger partial charge is 0.397 e. The number of carbonyl (C=O) groups is 3. The number of carbonyl (C=O) groups excluding carboxylic acids is 3. The molecule has 0 heterocycles. The minimum atomic E-state index is -1.05. The van der Waals surface area contributed by atoms with Gasteiger partial charge in [0.2, 0.25) is 0 Å². The van der Waals surface area contributed by atoms with E-state index in [-0.39, 0.29) is 51.7 Å². The molecular formula is C28H22Cl2N2O6. The van der Waals surface area contributed by atoms with Crippen LogP contribution in [-0.2, 0) is 20.9 Å². The number of hydrogen-bond acceptors (Lipinski definition) is 6. The first-order chi connectivity index (χ1) is 18.3. The third-order valence-corrected chi connectivity index (χ3v) is 6.03. The summed E-state index contributed by atoms with van der Waals surface area (Å²) in [5.74, 6) is -2.53. The molecule has 0 bridgehead atoms. The van der Waals surface area contributed by atoms with Gasteiger partial charge in [-0.3, -0.25) is 9.59 Å². The van der Waals surface area contributed by atoms with E-state index < -0.39 is 17.8 Å². The summed E-state index contributed by atoms with van der Waals surface area (Å²) in [5.41, 5.74) is 1.08. The average molecular weight is 553 g/mol. The van der Waals surface area contributed by atoms with E-state index in [1.54, 1.807) is 6.92 Å². The first-order valence-corrected chi connectivity index (χ1v) is 12.2. The number of hydrogen-bond donors (Lipinski definition) is 3. The summed E-state index contributed by atoms with van der Waals surface area (Å²) < 4.78 is 10.4. The van der Waals surface area contributed by atoms with Crippen LogP contribution < -0.4 is 15.4 Å². The quantitative estimate of drug-likeness (QED) is 0.189. The molecule has 0 aliphatic heterocycles. The molecule has 0 saturated heterocycles. The van der Waals surface area contributed by atoms with Gasteiger partial charge in [-0.05, 0) is 53.6 Å². The summed E-state index contributed by atoms with van der Waals surface area (Å²) in [5, 5.41) is 17.6. The van der Waals surface area contributed by atoms with Gasteiger partial charge in [0.1, 0.15) is 11.5 Å². The standard InChI is InChI=1S/C28H22Cl2N2O6/c1-2-37-28(36)27(35)32-18-12-22(29)25(23(30)13-18)38-19-10-11-24(33)21(14-19)26(34)31-15-17-8-5-7-16-6-3-4-9-20(16)17/h3-14,33H,2,15H2,1H3,(H,31,34)(H,32,35). The predicted molar refractivity (Wildman–Crippen MR) is 145 cm³/mol. The number of phenolic OH excluding ortho intramolecular Hbond substituents is 1. The minimum Gasteiger partial charge on any atom is -0.507 e. The fourth-order valence-corrected chi connectivity index (χ4v) is 4.27. The topological polar surface area (TPSA) is 114 Å². The first kappa shape index (κ1) is 26.8. The van der Waals surface area contributed by atoms with Gasteiger partial charge < -0.3 is 25.2 Å². The fourth-order valence-electron chi connectivity index (χ4n) is 3.70. The Hall–Kier alpha value is -4.27. The van der Waals surface area contributed by atoms with E-state index in [2.05, 4.69) is 15.4 Å². The maximum absolute atomic E-state index is 12.9. The predicted octanol–water partition coefficient (Wildman–Crippen LogP) is 6.08. The van der Waals surface area contributed by atoms with Crippen LogP contribution in [0.2, 0.25) is 10.0 Å². The van der Waals surface area contributed by atoms with Gasteiger partial charge in [0, 0.05) is 12.2 Å². The number of esters is 1. The molecule has 0 fully saturated rings. The van der Waals surface area contributed by atoms with E-state index in [1.165, 1.54) is 30.3 Å². The molecule has 4 rings (SSSR count). The number of benzene rings is 4. The monoisotopic (exact) mass is 552 g/mol. The number of rotatable bonds is 7. The number of amides is 2. The Bertz CT molecular complexity index is 1510. The van der Waals surface area contributed by atoms with Gasteiger partial charge in [0.05, 0.1) is 22.2 Å². The zero-order valence-electron chi connectivity index (χ0n) is 20.1. The Morgan fingerprint density at radius 2 is 1.63 bits per heavy atom. The second-order valence-electron chi connectivity index (χ2n) is 8.05. The molecule has 2 amide bonds. The second kappa shape index (κ2) is 11.9. The molecular weight excluding hydrogens is 531 g/mol. The number of phenols is 1. The lowest BCUT2D eigenvalue weighted by atomic mass is 10.0. The van der Waals surface area contributed by atoms with Gasteiger partial charge in [0.15, 0.2) is 5.75 Å². The van der Waals surface area contributed by atoms with Crippen LogP contribution in [0.3, 0.4) is 0 Å². The molecule has 4 aromatic rings. The molecule has 0 aliphatic rings. The van der Waals surface area contributed by atoms with Crippen molar-refractivity contribution in [2.45, 2.75) is 13.5 Å². The molecule has 38 heavy (non-hydrogen) atoms. The van der Waals surface area contributed by atoms with Crippen molar-refractivity contribution in [2.24, 2.45) is 0 Å². The van der Waals surface area contributed by atoms with Gasteiger partial charge in [0.25, 0.3) is 5.91 Å². The highest BCUT2D eigenvalue weighted by molar-refractivity contribution is 6.39. The summed E-state index contributed by atoms with van der Waals surface area (Å²) >= 11 is 12.6. The highest BCUT2D eigenvalue weighted by atomic mass is 35.5. The largest absolute Gasteiger partial charge is 0.507 e. The molecule has 0 aromatic heterocycles. The molecule has 194 valence electrons. The Morgan fingerprint density at radius 3 is 2.37 bits per heavy atom. The highest BCUT2D eigenvalue weighted by Gasteiger charge is 2.19. The summed E-state index contributed by atoms with van der Waals surface area (Å²) in [4.78, 5) is 36.3. The summed E-state index contributed by atoms with van der Waals surface area (Å²) in [6.07, 6.45) is 0. The Morgan fingerprint density at radius 1 is 0.921 bits per heavy atom. The molecule has 0 spiro atoms. The molecule has 0 aliphatic carbocycles. The van der Waals surface area contributed by atoms with Crippen molar-refractivity contribution in [3.05, 3.63) is 94.0 Å². The van der Waals surface area contributed by atoms with Crippen molar-refractivity contribution in [3.8, 4) is 17.2 Å². The van der Waals surface area contributed by atoms with E-state index >= 15 is 0 Å². The lowest BCUT2D eigenvalue weighted by molar-refractivity contribution is -0.152. The molecule has 10 heteroatoms. The van der Waals surface area contributed by atoms with Crippen molar-refractivity contribution in [2.75, 3.05) is 11.9 Å². The van der Waals surface area contributed by atoms with E-state index in [1.807, 2.05) is 42.5 Å². The van der Waals surface area contributed by atoms with Gasteiger partial charge in [-0.25, -0.2) is 4.79 Å². The van der Waals surface area contributed by atoms with Crippen LogP contribution in [0.25, 0.3) is 10.8 Å². The number of halogens is 2. The zero-order chi connectivity index (χ0) is 27.2. The first-order valence-electron chi connectivity index (χ1n) is 11.5. The Balaban J connectivity index is 1.49. The number of ether oxygens (including phenoxy) is 2. The van der Waals surface area contributed by atoms with E-state index in [9.17, 15) is 19.5 Å². The van der Waals surface area contributed by atoms with Gasteiger partial charge in [-0.2, -0.15) is 0 Å². The van der Waals surface area contributed by atoms with Crippen LogP contribution in [0.15, 0.2) is 72.8 Å². The van der Waals surface area contributed by atoms with Crippen LogP contribution in [0, 0.1) is 0 Å². The number of nitrogens with one attached hydrogen (secondary N) is 2.